The number of benzene rings is 9. The summed E-state index contributed by atoms with van der Waals surface area (Å²) in [5.74, 6) is 0.572. The second kappa shape index (κ2) is 15.8. The fourth-order valence-electron chi connectivity index (χ4n) is 10.8. The highest BCUT2D eigenvalue weighted by atomic mass is 15.1. The fourth-order valence-corrected chi connectivity index (χ4v) is 10.8. The maximum Gasteiger partial charge on any atom is 0.0540 e. The van der Waals surface area contributed by atoms with Gasteiger partial charge in [-0.15, -0.1) is 0 Å². The molecule has 1 heteroatoms. The molecule has 1 saturated carbocycles. The molecular weight excluding hydrogens is 747 g/mol. The van der Waals surface area contributed by atoms with E-state index in [1.807, 2.05) is 0 Å². The Labute approximate surface area is 367 Å². The Hall–Kier alpha value is -6.96. The number of fused-ring (bicyclic) bond motifs is 4. The van der Waals surface area contributed by atoms with Gasteiger partial charge in [0.15, 0.2) is 0 Å². The molecule has 9 aromatic carbocycles. The molecule has 0 saturated heterocycles. The quantitative estimate of drug-likeness (QED) is 0.148. The standard InChI is InChI=1S/C61H51N/c1-61(2)55-33-15-12-29-50(55)51-38-36-47(41-56(51)61)48-28-13-16-34-57(48)62(59-39-37-46(42-20-6-3-7-21-42)40-54(59)44-24-10-5-11-25-44)58-35-17-14-30-52(58)53-32-19-27-45-26-18-31-49(60(45)53)43-22-8-4-9-23-43/h3,5-7,10-21,24-41,43H,4,8-9,22-23H2,1-2H3. The lowest BCUT2D eigenvalue weighted by molar-refractivity contribution is 0.445. The summed E-state index contributed by atoms with van der Waals surface area (Å²) < 4.78 is 0. The normalized spacial score (nSPS) is 14.4. The van der Waals surface area contributed by atoms with Gasteiger partial charge in [0.1, 0.15) is 0 Å². The third-order valence-corrected chi connectivity index (χ3v) is 13.9. The van der Waals surface area contributed by atoms with Gasteiger partial charge in [0, 0.05) is 22.1 Å². The molecule has 0 atom stereocenters. The van der Waals surface area contributed by atoms with Gasteiger partial charge in [-0.25, -0.2) is 0 Å². The number of hydrogen-bond acceptors (Lipinski definition) is 1. The summed E-state index contributed by atoms with van der Waals surface area (Å²) in [6, 6.07) is 77.0. The van der Waals surface area contributed by atoms with Crippen LogP contribution in [0.1, 0.15) is 68.6 Å². The number of nitrogens with zero attached hydrogens (tertiary/aromatic N) is 1. The van der Waals surface area contributed by atoms with Crippen LogP contribution in [0.4, 0.5) is 17.1 Å². The molecule has 9 aromatic rings. The van der Waals surface area contributed by atoms with E-state index in [2.05, 4.69) is 225 Å². The number of rotatable bonds is 8. The first-order valence-corrected chi connectivity index (χ1v) is 22.5. The molecule has 0 radical (unpaired) electrons. The summed E-state index contributed by atoms with van der Waals surface area (Å²) in [5.41, 5.74) is 20.0. The van der Waals surface area contributed by atoms with Crippen LogP contribution in [0.2, 0.25) is 0 Å². The second-order valence-electron chi connectivity index (χ2n) is 17.9. The van der Waals surface area contributed by atoms with Crippen LogP contribution in [0.3, 0.4) is 0 Å². The van der Waals surface area contributed by atoms with Crippen molar-refractivity contribution in [3.05, 3.63) is 223 Å². The Morgan fingerprint density at radius 1 is 0.371 bits per heavy atom. The van der Waals surface area contributed by atoms with E-state index < -0.39 is 0 Å². The Morgan fingerprint density at radius 2 is 0.935 bits per heavy atom. The first-order valence-electron chi connectivity index (χ1n) is 22.5. The Bertz CT molecular complexity index is 3070. The summed E-state index contributed by atoms with van der Waals surface area (Å²) in [5, 5.41) is 2.71. The van der Waals surface area contributed by atoms with Crippen LogP contribution < -0.4 is 4.90 Å². The van der Waals surface area contributed by atoms with Crippen molar-refractivity contribution in [1.29, 1.82) is 0 Å². The van der Waals surface area contributed by atoms with Crippen LogP contribution in [0, 0.1) is 0 Å². The maximum atomic E-state index is 2.57. The van der Waals surface area contributed by atoms with E-state index >= 15 is 0 Å². The molecule has 300 valence electrons. The van der Waals surface area contributed by atoms with E-state index in [0.717, 1.165) is 17.1 Å². The zero-order valence-corrected chi connectivity index (χ0v) is 35.7. The van der Waals surface area contributed by atoms with Crippen LogP contribution in [-0.2, 0) is 5.41 Å². The van der Waals surface area contributed by atoms with Crippen LogP contribution in [0.25, 0.3) is 66.4 Å². The molecule has 62 heavy (non-hydrogen) atoms. The van der Waals surface area contributed by atoms with Gasteiger partial charge in [-0.2, -0.15) is 0 Å². The maximum absolute atomic E-state index is 2.57. The number of hydrogen-bond donors (Lipinski definition) is 0. The molecule has 1 fully saturated rings. The van der Waals surface area contributed by atoms with Crippen LogP contribution in [0.5, 0.6) is 0 Å². The van der Waals surface area contributed by atoms with Crippen molar-refractivity contribution in [2.24, 2.45) is 0 Å². The predicted octanol–water partition coefficient (Wildman–Crippen LogP) is 17.3. The molecule has 2 aliphatic rings. The minimum atomic E-state index is -0.110. The Balaban J connectivity index is 1.18. The summed E-state index contributed by atoms with van der Waals surface area (Å²) in [7, 11) is 0. The topological polar surface area (TPSA) is 3.24 Å². The van der Waals surface area contributed by atoms with E-state index in [-0.39, 0.29) is 5.41 Å². The highest BCUT2D eigenvalue weighted by molar-refractivity contribution is 6.05. The average molecular weight is 798 g/mol. The molecular formula is C61H51N. The second-order valence-corrected chi connectivity index (χ2v) is 17.9. The van der Waals surface area contributed by atoms with E-state index in [4.69, 9.17) is 0 Å². The minimum Gasteiger partial charge on any atom is -0.309 e. The van der Waals surface area contributed by atoms with E-state index in [1.165, 1.54) is 115 Å². The van der Waals surface area contributed by atoms with E-state index in [0.29, 0.717) is 5.92 Å². The van der Waals surface area contributed by atoms with Gasteiger partial charge in [0.2, 0.25) is 0 Å². The third kappa shape index (κ3) is 6.55. The van der Waals surface area contributed by atoms with Gasteiger partial charge >= 0.3 is 0 Å². The zero-order chi connectivity index (χ0) is 41.6. The van der Waals surface area contributed by atoms with Gasteiger partial charge in [0.25, 0.3) is 0 Å². The SMILES string of the molecule is CC1(C)c2ccccc2-c2ccc(-c3ccccc3N(c3ccc(-c4ccccc4)cc3-c3ccccc3)c3ccccc3-c3cccc4cccc(C5CCCCC5)c34)cc21. The van der Waals surface area contributed by atoms with Crippen molar-refractivity contribution in [2.75, 3.05) is 4.90 Å². The molecule has 2 aliphatic carbocycles. The highest BCUT2D eigenvalue weighted by Gasteiger charge is 2.35. The Kier molecular flexibility index (Phi) is 9.69. The third-order valence-electron chi connectivity index (χ3n) is 13.9. The molecule has 0 heterocycles. The Morgan fingerprint density at radius 3 is 1.69 bits per heavy atom. The molecule has 0 N–H and O–H groups in total. The van der Waals surface area contributed by atoms with Crippen molar-refractivity contribution in [3.63, 3.8) is 0 Å². The first-order chi connectivity index (χ1) is 30.5. The first kappa shape index (κ1) is 38.0. The molecule has 1 nitrogen and oxygen atoms in total. The van der Waals surface area contributed by atoms with Gasteiger partial charge in [0.05, 0.1) is 17.1 Å². The molecule has 0 bridgehead atoms. The van der Waals surface area contributed by atoms with E-state index in [9.17, 15) is 0 Å². The largest absolute Gasteiger partial charge is 0.309 e. The van der Waals surface area contributed by atoms with Crippen molar-refractivity contribution in [2.45, 2.75) is 57.3 Å². The molecule has 0 amide bonds. The van der Waals surface area contributed by atoms with Crippen LogP contribution in [-0.4, -0.2) is 0 Å². The van der Waals surface area contributed by atoms with E-state index in [1.54, 1.807) is 0 Å². The molecule has 0 aliphatic heterocycles. The summed E-state index contributed by atoms with van der Waals surface area (Å²) in [4.78, 5) is 2.57. The van der Waals surface area contributed by atoms with Crippen molar-refractivity contribution >= 4 is 27.8 Å². The van der Waals surface area contributed by atoms with Crippen molar-refractivity contribution in [1.82, 2.24) is 0 Å². The van der Waals surface area contributed by atoms with Crippen LogP contribution >= 0.6 is 0 Å². The summed E-state index contributed by atoms with van der Waals surface area (Å²) >= 11 is 0. The summed E-state index contributed by atoms with van der Waals surface area (Å²) in [6.07, 6.45) is 6.46. The number of para-hydroxylation sites is 2. The zero-order valence-electron chi connectivity index (χ0n) is 35.7. The van der Waals surface area contributed by atoms with Crippen molar-refractivity contribution < 1.29 is 0 Å². The molecule has 0 unspecified atom stereocenters. The highest BCUT2D eigenvalue weighted by Crippen LogP contribution is 2.53. The fraction of sp³-hybridized carbons (Fsp3) is 0.148. The molecule has 0 aromatic heterocycles. The smallest absolute Gasteiger partial charge is 0.0540 e. The summed E-state index contributed by atoms with van der Waals surface area (Å²) in [6.45, 7) is 4.75. The van der Waals surface area contributed by atoms with Gasteiger partial charge < -0.3 is 4.90 Å². The monoisotopic (exact) mass is 797 g/mol. The van der Waals surface area contributed by atoms with Crippen LogP contribution in [0.15, 0.2) is 206 Å². The predicted molar refractivity (Wildman–Crippen MR) is 264 cm³/mol. The number of anilines is 3. The van der Waals surface area contributed by atoms with Gasteiger partial charge in [-0.3, -0.25) is 0 Å². The lowest BCUT2D eigenvalue weighted by atomic mass is 9.80. The van der Waals surface area contributed by atoms with Gasteiger partial charge in [-0.1, -0.05) is 209 Å². The van der Waals surface area contributed by atoms with Crippen molar-refractivity contribution in [3.8, 4) is 55.6 Å². The average Bonchev–Trinajstić information content (AvgIpc) is 3.57. The lowest BCUT2D eigenvalue weighted by Gasteiger charge is -2.32. The minimum absolute atomic E-state index is 0.110. The lowest BCUT2D eigenvalue weighted by Crippen LogP contribution is -2.15. The molecule has 11 rings (SSSR count). The van der Waals surface area contributed by atoms with Gasteiger partial charge in [-0.05, 0) is 115 Å². The molecule has 0 spiro atoms.